The zero-order valence-electron chi connectivity index (χ0n) is 7.86. The highest BCUT2D eigenvalue weighted by Crippen LogP contribution is 2.20. The summed E-state index contributed by atoms with van der Waals surface area (Å²) in [4.78, 5) is 6.61. The van der Waals surface area contributed by atoms with E-state index in [1.807, 2.05) is 24.2 Å². The monoisotopic (exact) mass is 194 g/mol. The summed E-state index contributed by atoms with van der Waals surface area (Å²) in [5.41, 5.74) is 2.86. The Morgan fingerprint density at radius 2 is 2.31 bits per heavy atom. The Kier molecular flexibility index (Phi) is 2.86. The van der Waals surface area contributed by atoms with E-state index in [0.717, 1.165) is 13.1 Å². The van der Waals surface area contributed by atoms with Crippen LogP contribution in [0, 0.1) is 0 Å². The van der Waals surface area contributed by atoms with Crippen LogP contribution in [0.2, 0.25) is 0 Å². The normalized spacial score (nSPS) is 16.1. The lowest BCUT2D eigenvalue weighted by molar-refractivity contribution is 0.303. The minimum absolute atomic E-state index is 1.09. The highest BCUT2D eigenvalue weighted by atomic mass is 32.2. The molecule has 0 radical (unpaired) electrons. The number of nitrogens with zero attached hydrogens (tertiary/aromatic N) is 2. The molecule has 0 bridgehead atoms. The van der Waals surface area contributed by atoms with E-state index in [4.69, 9.17) is 0 Å². The molecule has 13 heavy (non-hydrogen) atoms. The lowest BCUT2D eigenvalue weighted by Crippen LogP contribution is -2.19. The van der Waals surface area contributed by atoms with Crippen LogP contribution in [0.15, 0.2) is 18.5 Å². The van der Waals surface area contributed by atoms with Gasteiger partial charge in [-0.05, 0) is 23.4 Å². The van der Waals surface area contributed by atoms with Gasteiger partial charge in [-0.25, -0.2) is 0 Å². The second-order valence-corrected chi connectivity index (χ2v) is 4.33. The highest BCUT2D eigenvalue weighted by Gasteiger charge is 2.17. The van der Waals surface area contributed by atoms with Crippen molar-refractivity contribution in [3.63, 3.8) is 0 Å². The third-order valence-electron chi connectivity index (χ3n) is 2.40. The summed E-state index contributed by atoms with van der Waals surface area (Å²) in [6.07, 6.45) is 6.04. The second-order valence-electron chi connectivity index (χ2n) is 3.35. The van der Waals surface area contributed by atoms with Gasteiger partial charge in [-0.15, -0.1) is 0 Å². The van der Waals surface area contributed by atoms with Crippen LogP contribution in [0.25, 0.3) is 0 Å². The van der Waals surface area contributed by atoms with E-state index in [9.17, 15) is 0 Å². The molecule has 1 aromatic heterocycles. The van der Waals surface area contributed by atoms with Gasteiger partial charge in [0.15, 0.2) is 0 Å². The van der Waals surface area contributed by atoms with Crippen LogP contribution in [0.4, 0.5) is 0 Å². The van der Waals surface area contributed by atoms with Crippen molar-refractivity contribution >= 4 is 11.8 Å². The maximum absolute atomic E-state index is 4.14. The van der Waals surface area contributed by atoms with Gasteiger partial charge in [-0.1, -0.05) is 0 Å². The summed E-state index contributed by atoms with van der Waals surface area (Å²) in [6.45, 7) is 3.39. The number of rotatable bonds is 3. The van der Waals surface area contributed by atoms with Gasteiger partial charge in [0.05, 0.1) is 0 Å². The van der Waals surface area contributed by atoms with Gasteiger partial charge in [-0.3, -0.25) is 9.88 Å². The average molecular weight is 194 g/mol. The van der Waals surface area contributed by atoms with E-state index < -0.39 is 0 Å². The predicted molar refractivity (Wildman–Crippen MR) is 56.7 cm³/mol. The predicted octanol–water partition coefficient (Wildman–Crippen LogP) is 1.76. The highest BCUT2D eigenvalue weighted by molar-refractivity contribution is 7.98. The maximum atomic E-state index is 4.14. The van der Waals surface area contributed by atoms with E-state index in [1.165, 1.54) is 23.4 Å². The molecule has 0 saturated carbocycles. The molecule has 2 rings (SSSR count). The quantitative estimate of drug-likeness (QED) is 0.729. The van der Waals surface area contributed by atoms with Gasteiger partial charge >= 0.3 is 0 Å². The van der Waals surface area contributed by atoms with Gasteiger partial charge in [0.25, 0.3) is 0 Å². The van der Waals surface area contributed by atoms with Crippen molar-refractivity contribution in [1.29, 1.82) is 0 Å². The number of aromatic nitrogens is 1. The molecule has 0 N–H and O–H groups in total. The lowest BCUT2D eigenvalue weighted by atomic mass is 10.2. The van der Waals surface area contributed by atoms with E-state index in [2.05, 4.69) is 22.2 Å². The Morgan fingerprint density at radius 3 is 3.08 bits per heavy atom. The van der Waals surface area contributed by atoms with Gasteiger partial charge in [0.2, 0.25) is 0 Å². The molecule has 0 atom stereocenters. The fraction of sp³-hybridized carbons (Fsp3) is 0.500. The first-order chi connectivity index (χ1) is 6.40. The van der Waals surface area contributed by atoms with Crippen molar-refractivity contribution in [1.82, 2.24) is 9.88 Å². The van der Waals surface area contributed by atoms with Crippen molar-refractivity contribution in [3.8, 4) is 0 Å². The Hall–Kier alpha value is -0.540. The summed E-state index contributed by atoms with van der Waals surface area (Å²) in [7, 11) is 0. The Balaban J connectivity index is 1.97. The number of fused-ring (bicyclic) bond motifs is 1. The number of pyridine rings is 1. The fourth-order valence-corrected chi connectivity index (χ4v) is 2.11. The van der Waals surface area contributed by atoms with Gasteiger partial charge < -0.3 is 0 Å². The van der Waals surface area contributed by atoms with E-state index >= 15 is 0 Å². The lowest BCUT2D eigenvalue weighted by Gasteiger charge is -2.12. The van der Waals surface area contributed by atoms with Gasteiger partial charge in [0.1, 0.15) is 0 Å². The molecule has 0 spiro atoms. The molecule has 2 nitrogen and oxygen atoms in total. The van der Waals surface area contributed by atoms with Crippen molar-refractivity contribution in [2.24, 2.45) is 0 Å². The number of hydrogen-bond acceptors (Lipinski definition) is 3. The summed E-state index contributed by atoms with van der Waals surface area (Å²) < 4.78 is 0. The van der Waals surface area contributed by atoms with Crippen LogP contribution < -0.4 is 0 Å². The Bertz CT molecular complexity index is 263. The zero-order valence-corrected chi connectivity index (χ0v) is 8.68. The minimum Gasteiger partial charge on any atom is -0.294 e. The first-order valence-corrected chi connectivity index (χ1v) is 5.92. The number of thioether (sulfide) groups is 1. The fourth-order valence-electron chi connectivity index (χ4n) is 1.67. The molecule has 0 aliphatic carbocycles. The average Bonchev–Trinajstić information content (AvgIpc) is 2.57. The standard InChI is InChI=1S/C10H14N2S/c1-13-5-4-12-7-9-2-3-11-6-10(9)8-12/h2-3,6H,4-5,7-8H2,1H3. The summed E-state index contributed by atoms with van der Waals surface area (Å²) in [6, 6.07) is 2.13. The molecule has 0 aromatic carbocycles. The first-order valence-electron chi connectivity index (χ1n) is 4.53. The van der Waals surface area contributed by atoms with Crippen molar-refractivity contribution in [2.45, 2.75) is 13.1 Å². The van der Waals surface area contributed by atoms with Gasteiger partial charge in [-0.2, -0.15) is 11.8 Å². The van der Waals surface area contributed by atoms with Crippen LogP contribution in [0.1, 0.15) is 11.1 Å². The molecule has 70 valence electrons. The molecule has 1 aliphatic rings. The molecular formula is C10H14N2S. The number of hydrogen-bond donors (Lipinski definition) is 0. The van der Waals surface area contributed by atoms with E-state index in [-0.39, 0.29) is 0 Å². The Labute approximate surface area is 83.4 Å². The topological polar surface area (TPSA) is 16.1 Å². The largest absolute Gasteiger partial charge is 0.294 e. The minimum atomic E-state index is 1.09. The smallest absolute Gasteiger partial charge is 0.0316 e. The summed E-state index contributed by atoms with van der Waals surface area (Å²) >= 11 is 1.91. The third kappa shape index (κ3) is 2.03. The van der Waals surface area contributed by atoms with Crippen LogP contribution in [0.5, 0.6) is 0 Å². The second kappa shape index (κ2) is 4.11. The molecule has 2 heterocycles. The molecule has 3 heteroatoms. The van der Waals surface area contributed by atoms with Gasteiger partial charge in [0, 0.05) is 37.8 Å². The third-order valence-corrected chi connectivity index (χ3v) is 2.99. The van der Waals surface area contributed by atoms with Crippen molar-refractivity contribution in [2.75, 3.05) is 18.6 Å². The van der Waals surface area contributed by atoms with E-state index in [1.54, 1.807) is 0 Å². The molecule has 0 fully saturated rings. The molecular weight excluding hydrogens is 180 g/mol. The molecule has 0 amide bonds. The van der Waals surface area contributed by atoms with Crippen LogP contribution in [0.3, 0.4) is 0 Å². The zero-order chi connectivity index (χ0) is 9.10. The molecule has 1 aromatic rings. The summed E-state index contributed by atoms with van der Waals surface area (Å²) in [5.74, 6) is 1.22. The first kappa shape index (κ1) is 9.03. The Morgan fingerprint density at radius 1 is 1.46 bits per heavy atom. The van der Waals surface area contributed by atoms with Crippen molar-refractivity contribution in [3.05, 3.63) is 29.6 Å². The SMILES string of the molecule is CSCCN1Cc2ccncc2C1. The van der Waals surface area contributed by atoms with Crippen LogP contribution >= 0.6 is 11.8 Å². The molecule has 0 saturated heterocycles. The summed E-state index contributed by atoms with van der Waals surface area (Å²) in [5, 5.41) is 0. The van der Waals surface area contributed by atoms with Crippen LogP contribution in [-0.2, 0) is 13.1 Å². The molecule has 0 unspecified atom stereocenters. The van der Waals surface area contributed by atoms with E-state index in [0.29, 0.717) is 0 Å². The maximum Gasteiger partial charge on any atom is 0.0316 e. The molecule has 1 aliphatic heterocycles. The van der Waals surface area contributed by atoms with Crippen LogP contribution in [-0.4, -0.2) is 28.4 Å². The van der Waals surface area contributed by atoms with Crippen molar-refractivity contribution < 1.29 is 0 Å².